The van der Waals surface area contributed by atoms with Crippen molar-refractivity contribution in [3.8, 4) is 0 Å². The maximum absolute atomic E-state index is 13.4. The van der Waals surface area contributed by atoms with Gasteiger partial charge in [0.15, 0.2) is 0 Å². The third-order valence-corrected chi connectivity index (χ3v) is 5.66. The predicted molar refractivity (Wildman–Crippen MR) is 104 cm³/mol. The van der Waals surface area contributed by atoms with Crippen LogP contribution >= 0.6 is 0 Å². The van der Waals surface area contributed by atoms with Crippen LogP contribution in [0.3, 0.4) is 0 Å². The summed E-state index contributed by atoms with van der Waals surface area (Å²) in [5, 5.41) is 0. The van der Waals surface area contributed by atoms with Crippen LogP contribution < -0.4 is 4.90 Å². The molecule has 0 aromatic heterocycles. The Labute approximate surface area is 159 Å². The molecule has 140 valence electrons. The van der Waals surface area contributed by atoms with Gasteiger partial charge in [0, 0.05) is 32.2 Å². The molecule has 0 N–H and O–H groups in total. The van der Waals surface area contributed by atoms with Crippen LogP contribution in [0.5, 0.6) is 0 Å². The second-order valence-corrected chi connectivity index (χ2v) is 7.30. The Kier molecular flexibility index (Phi) is 4.70. The summed E-state index contributed by atoms with van der Waals surface area (Å²) in [7, 11) is 1.80. The Morgan fingerprint density at radius 1 is 1.04 bits per heavy atom. The summed E-state index contributed by atoms with van der Waals surface area (Å²) in [6, 6.07) is 17.8. The highest BCUT2D eigenvalue weighted by molar-refractivity contribution is 6.09. The van der Waals surface area contributed by atoms with E-state index in [0.717, 1.165) is 16.8 Å². The van der Waals surface area contributed by atoms with Crippen molar-refractivity contribution in [2.45, 2.75) is 18.3 Å². The molecule has 2 aromatic carbocycles. The molecule has 2 aliphatic heterocycles. The monoisotopic (exact) mass is 364 g/mol. The average molecular weight is 364 g/mol. The van der Waals surface area contributed by atoms with Crippen molar-refractivity contribution < 1.29 is 14.3 Å². The number of nitrogens with zero attached hydrogens (tertiary/aromatic N) is 2. The highest BCUT2D eigenvalue weighted by Gasteiger charge is 2.51. The maximum atomic E-state index is 13.4. The lowest BCUT2D eigenvalue weighted by molar-refractivity contribution is -0.139. The molecule has 2 amide bonds. The first-order valence-corrected chi connectivity index (χ1v) is 9.39. The molecular weight excluding hydrogens is 340 g/mol. The number of anilines is 1. The third kappa shape index (κ3) is 3.12. The minimum atomic E-state index is -0.859. The molecule has 0 aliphatic carbocycles. The number of benzene rings is 2. The normalized spacial score (nSPS) is 22.0. The number of morpholine rings is 1. The standard InChI is InChI=1S/C22H24N2O3/c1-23-19-10-6-5-9-18(19)22(21(23)26,15-17-7-3-2-4-8-17)16-20(25)24-11-13-27-14-12-24/h2-10H,11-16H2,1H3. The molecular formula is C22H24N2O3. The van der Waals surface area contributed by atoms with Gasteiger partial charge < -0.3 is 14.5 Å². The lowest BCUT2D eigenvalue weighted by atomic mass is 9.73. The first-order chi connectivity index (χ1) is 13.1. The van der Waals surface area contributed by atoms with Crippen LogP contribution in [0.25, 0.3) is 0 Å². The van der Waals surface area contributed by atoms with Crippen LogP contribution in [0.15, 0.2) is 54.6 Å². The molecule has 0 radical (unpaired) electrons. The number of carbonyl (C=O) groups excluding carboxylic acids is 2. The smallest absolute Gasteiger partial charge is 0.238 e. The Morgan fingerprint density at radius 2 is 1.70 bits per heavy atom. The van der Waals surface area contributed by atoms with Gasteiger partial charge in [-0.3, -0.25) is 9.59 Å². The van der Waals surface area contributed by atoms with Gasteiger partial charge in [-0.05, 0) is 23.6 Å². The van der Waals surface area contributed by atoms with Crippen LogP contribution in [0.1, 0.15) is 17.5 Å². The number of amides is 2. The molecule has 1 atom stereocenters. The summed E-state index contributed by atoms with van der Waals surface area (Å²) < 4.78 is 5.37. The predicted octanol–water partition coefficient (Wildman–Crippen LogP) is 2.39. The zero-order valence-electron chi connectivity index (χ0n) is 15.6. The summed E-state index contributed by atoms with van der Waals surface area (Å²) in [6.45, 7) is 2.29. The molecule has 0 bridgehead atoms. The van der Waals surface area contributed by atoms with Crippen LogP contribution in [0.4, 0.5) is 5.69 Å². The zero-order chi connectivity index (χ0) is 18.9. The number of ether oxygens (including phenoxy) is 1. The SMILES string of the molecule is CN1C(=O)C(CC(=O)N2CCOCC2)(Cc2ccccc2)c2ccccc21. The molecule has 27 heavy (non-hydrogen) atoms. The Balaban J connectivity index is 1.74. The topological polar surface area (TPSA) is 49.9 Å². The number of carbonyl (C=O) groups is 2. The molecule has 0 spiro atoms. The summed E-state index contributed by atoms with van der Waals surface area (Å²) in [4.78, 5) is 30.1. The van der Waals surface area contributed by atoms with Gasteiger partial charge in [-0.15, -0.1) is 0 Å². The minimum absolute atomic E-state index is 0.00541. The lowest BCUT2D eigenvalue weighted by Gasteiger charge is -2.33. The lowest BCUT2D eigenvalue weighted by Crippen LogP contribution is -2.47. The van der Waals surface area contributed by atoms with Crippen molar-refractivity contribution in [1.82, 2.24) is 4.90 Å². The molecule has 1 saturated heterocycles. The van der Waals surface area contributed by atoms with E-state index in [2.05, 4.69) is 0 Å². The van der Waals surface area contributed by atoms with E-state index in [-0.39, 0.29) is 18.2 Å². The van der Waals surface area contributed by atoms with Crippen LogP contribution in [0, 0.1) is 0 Å². The van der Waals surface area contributed by atoms with E-state index in [1.807, 2.05) is 59.5 Å². The second-order valence-electron chi connectivity index (χ2n) is 7.30. The Morgan fingerprint density at radius 3 is 2.44 bits per heavy atom. The second kappa shape index (κ2) is 7.16. The number of para-hydroxylation sites is 1. The van der Waals surface area contributed by atoms with E-state index in [1.54, 1.807) is 11.9 Å². The first-order valence-electron chi connectivity index (χ1n) is 9.39. The molecule has 0 saturated carbocycles. The molecule has 2 aromatic rings. The molecule has 5 heteroatoms. The molecule has 2 aliphatic rings. The quantitative estimate of drug-likeness (QED) is 0.837. The summed E-state index contributed by atoms with van der Waals surface area (Å²) in [6.07, 6.45) is 0.701. The van der Waals surface area contributed by atoms with E-state index in [9.17, 15) is 9.59 Å². The summed E-state index contributed by atoms with van der Waals surface area (Å²) in [5.41, 5.74) is 2.05. The minimum Gasteiger partial charge on any atom is -0.378 e. The number of hydrogen-bond acceptors (Lipinski definition) is 3. The summed E-state index contributed by atoms with van der Waals surface area (Å²) in [5.74, 6) is 0.0156. The molecule has 4 rings (SSSR count). The van der Waals surface area contributed by atoms with Crippen molar-refractivity contribution >= 4 is 17.5 Å². The molecule has 1 fully saturated rings. The number of rotatable bonds is 4. The van der Waals surface area contributed by atoms with Gasteiger partial charge in [0.25, 0.3) is 0 Å². The van der Waals surface area contributed by atoms with Gasteiger partial charge in [0.1, 0.15) is 0 Å². The number of fused-ring (bicyclic) bond motifs is 1. The zero-order valence-corrected chi connectivity index (χ0v) is 15.6. The van der Waals surface area contributed by atoms with E-state index in [0.29, 0.717) is 32.7 Å². The maximum Gasteiger partial charge on any atom is 0.238 e. The fourth-order valence-electron chi connectivity index (χ4n) is 4.25. The fraction of sp³-hybridized carbons (Fsp3) is 0.364. The van der Waals surface area contributed by atoms with Crippen LogP contribution in [-0.4, -0.2) is 50.1 Å². The molecule has 2 heterocycles. The number of likely N-dealkylation sites (N-methyl/N-ethyl adjacent to an activating group) is 1. The fourth-order valence-corrected chi connectivity index (χ4v) is 4.25. The largest absolute Gasteiger partial charge is 0.378 e. The van der Waals surface area contributed by atoms with E-state index >= 15 is 0 Å². The van der Waals surface area contributed by atoms with Crippen molar-refractivity contribution in [3.05, 3.63) is 65.7 Å². The first kappa shape index (κ1) is 17.7. The van der Waals surface area contributed by atoms with E-state index < -0.39 is 5.41 Å². The van der Waals surface area contributed by atoms with Crippen molar-refractivity contribution in [3.63, 3.8) is 0 Å². The number of hydrogen-bond donors (Lipinski definition) is 0. The average Bonchev–Trinajstić information content (AvgIpc) is 2.92. The van der Waals surface area contributed by atoms with E-state index in [4.69, 9.17) is 4.74 Å². The van der Waals surface area contributed by atoms with Crippen molar-refractivity contribution in [2.75, 3.05) is 38.3 Å². The van der Waals surface area contributed by atoms with Crippen LogP contribution in [0.2, 0.25) is 0 Å². The highest BCUT2D eigenvalue weighted by atomic mass is 16.5. The summed E-state index contributed by atoms with van der Waals surface area (Å²) >= 11 is 0. The van der Waals surface area contributed by atoms with E-state index in [1.165, 1.54) is 0 Å². The Hall–Kier alpha value is -2.66. The van der Waals surface area contributed by atoms with Gasteiger partial charge >= 0.3 is 0 Å². The Bertz CT molecular complexity index is 846. The van der Waals surface area contributed by atoms with Gasteiger partial charge in [0.05, 0.1) is 18.6 Å². The van der Waals surface area contributed by atoms with Crippen molar-refractivity contribution in [2.24, 2.45) is 0 Å². The van der Waals surface area contributed by atoms with Crippen LogP contribution in [-0.2, 0) is 26.2 Å². The molecule has 1 unspecified atom stereocenters. The van der Waals surface area contributed by atoms with Gasteiger partial charge in [-0.25, -0.2) is 0 Å². The van der Waals surface area contributed by atoms with Crippen molar-refractivity contribution in [1.29, 1.82) is 0 Å². The van der Waals surface area contributed by atoms with Gasteiger partial charge in [0.2, 0.25) is 11.8 Å². The van der Waals surface area contributed by atoms with Gasteiger partial charge in [-0.1, -0.05) is 48.5 Å². The van der Waals surface area contributed by atoms with Gasteiger partial charge in [-0.2, -0.15) is 0 Å². The third-order valence-electron chi connectivity index (χ3n) is 5.66. The molecule has 5 nitrogen and oxygen atoms in total. The highest BCUT2D eigenvalue weighted by Crippen LogP contribution is 2.45.